The number of aliphatic imine (C=N–C) groups is 1. The van der Waals surface area contributed by atoms with Crippen LogP contribution in [0.4, 0.5) is 8.78 Å². The zero-order valence-corrected chi connectivity index (χ0v) is 15.5. The Labute approximate surface area is 164 Å². The van der Waals surface area contributed by atoms with Crippen molar-refractivity contribution in [2.24, 2.45) is 4.99 Å². The van der Waals surface area contributed by atoms with Crippen LogP contribution in [0.5, 0.6) is 0 Å². The molecule has 0 fully saturated rings. The Bertz CT molecular complexity index is 1060. The molecule has 0 radical (unpaired) electrons. The molecule has 2 aromatic heterocycles. The lowest BCUT2D eigenvalue weighted by molar-refractivity contribution is 0.449. The molecule has 0 bridgehead atoms. The maximum absolute atomic E-state index is 13.5. The van der Waals surface area contributed by atoms with Gasteiger partial charge in [-0.1, -0.05) is 29.8 Å². The molecule has 3 heterocycles. The summed E-state index contributed by atoms with van der Waals surface area (Å²) in [4.78, 5) is 23.0. The Kier molecular flexibility index (Phi) is 4.47. The van der Waals surface area contributed by atoms with Gasteiger partial charge in [0.1, 0.15) is 22.9 Å². The van der Waals surface area contributed by atoms with E-state index in [9.17, 15) is 13.6 Å². The number of hydrogen-bond donors (Lipinski definition) is 2. The number of nitrogens with one attached hydrogen (secondary N) is 2. The third-order valence-electron chi connectivity index (χ3n) is 4.82. The first-order valence-electron chi connectivity index (χ1n) is 8.54. The molecule has 3 aromatic rings. The van der Waals surface area contributed by atoms with Crippen molar-refractivity contribution in [3.63, 3.8) is 0 Å². The number of hydrogen-bond acceptors (Lipinski definition) is 4. The first kappa shape index (κ1) is 18.3. The molecule has 0 saturated carbocycles. The van der Waals surface area contributed by atoms with Crippen LogP contribution in [0, 0.1) is 11.8 Å². The number of halogens is 3. The molecule has 2 N–H and O–H groups in total. The second kappa shape index (κ2) is 6.83. The largest absolute Gasteiger partial charge is 0.363 e. The van der Waals surface area contributed by atoms with Gasteiger partial charge in [-0.05, 0) is 36.8 Å². The molecule has 8 heteroatoms. The van der Waals surface area contributed by atoms with Gasteiger partial charge in [-0.15, -0.1) is 0 Å². The normalized spacial score (nSPS) is 21.3. The number of pyridine rings is 2. The van der Waals surface area contributed by atoms with E-state index < -0.39 is 11.5 Å². The van der Waals surface area contributed by atoms with Gasteiger partial charge >= 0.3 is 0 Å². The van der Waals surface area contributed by atoms with Crippen LogP contribution in [0.2, 0.25) is 5.02 Å². The highest BCUT2D eigenvalue weighted by Crippen LogP contribution is 2.41. The highest BCUT2D eigenvalue weighted by molar-refractivity contribution is 6.33. The van der Waals surface area contributed by atoms with Crippen LogP contribution >= 0.6 is 11.6 Å². The Morgan fingerprint density at radius 2 is 1.75 bits per heavy atom. The molecule has 0 amide bonds. The molecule has 0 saturated heterocycles. The summed E-state index contributed by atoms with van der Waals surface area (Å²) < 4.78 is 26.9. The van der Waals surface area contributed by atoms with E-state index in [1.54, 1.807) is 18.2 Å². The topological polar surface area (TPSA) is 70.1 Å². The van der Waals surface area contributed by atoms with E-state index in [1.807, 2.05) is 6.92 Å². The molecule has 0 aliphatic carbocycles. The molecule has 1 aliphatic rings. The van der Waals surface area contributed by atoms with Crippen molar-refractivity contribution in [1.29, 1.82) is 0 Å². The Balaban J connectivity index is 1.96. The number of H-pyrrole nitrogens is 1. The number of aromatic nitrogens is 2. The summed E-state index contributed by atoms with van der Waals surface area (Å²) in [7, 11) is 0. The summed E-state index contributed by atoms with van der Waals surface area (Å²) in [6.45, 7) is 1.89. The lowest BCUT2D eigenvalue weighted by atomic mass is 9.79. The summed E-state index contributed by atoms with van der Waals surface area (Å²) in [6, 6.07) is 11.3. The average Bonchev–Trinajstić information content (AvgIpc) is 3.03. The molecule has 142 valence electrons. The minimum atomic E-state index is -1.01. The predicted molar refractivity (Wildman–Crippen MR) is 103 cm³/mol. The molecule has 1 aliphatic heterocycles. The van der Waals surface area contributed by atoms with Gasteiger partial charge in [0.05, 0.1) is 11.1 Å². The summed E-state index contributed by atoms with van der Waals surface area (Å²) in [5.74, 6) is -0.616. The predicted octanol–water partition coefficient (Wildman–Crippen LogP) is 3.38. The standard InChI is InChI=1S/C20H15ClF2N4O/c1-11-20(12-2-5-14(22)6-3-12,13-4-8-16(23)24-10-13)27-19(25-11)18-15(21)7-9-17(28)26-18/h2-11H,1H3,(H,25,27)(H,26,28)/t11-,20+/m0/s1. The average molecular weight is 401 g/mol. The number of nitrogens with zero attached hydrogens (tertiary/aromatic N) is 2. The van der Waals surface area contributed by atoms with Crippen LogP contribution in [-0.4, -0.2) is 21.8 Å². The minimum absolute atomic E-state index is 0.319. The SMILES string of the molecule is C[C@@H]1NC(c2[nH]c(=O)ccc2Cl)=N[C@]1(c1ccc(F)cc1)c1ccc(F)nc1. The van der Waals surface area contributed by atoms with Crippen molar-refractivity contribution < 1.29 is 8.78 Å². The summed E-state index contributed by atoms with van der Waals surface area (Å²) >= 11 is 6.25. The second-order valence-electron chi connectivity index (χ2n) is 6.51. The lowest BCUT2D eigenvalue weighted by Gasteiger charge is -2.31. The summed E-state index contributed by atoms with van der Waals surface area (Å²) in [5, 5.41) is 3.56. The first-order valence-corrected chi connectivity index (χ1v) is 8.91. The first-order chi connectivity index (χ1) is 13.4. The fraction of sp³-hybridized carbons (Fsp3) is 0.150. The van der Waals surface area contributed by atoms with E-state index in [1.165, 1.54) is 36.5 Å². The van der Waals surface area contributed by atoms with Gasteiger partial charge < -0.3 is 10.3 Å². The van der Waals surface area contributed by atoms with E-state index in [0.29, 0.717) is 27.7 Å². The second-order valence-corrected chi connectivity index (χ2v) is 6.92. The Hall–Kier alpha value is -3.06. The Morgan fingerprint density at radius 1 is 1.04 bits per heavy atom. The lowest BCUT2D eigenvalue weighted by Crippen LogP contribution is -2.41. The van der Waals surface area contributed by atoms with Crippen LogP contribution in [0.3, 0.4) is 0 Å². The van der Waals surface area contributed by atoms with Crippen LogP contribution in [0.25, 0.3) is 0 Å². The fourth-order valence-corrected chi connectivity index (χ4v) is 3.67. The van der Waals surface area contributed by atoms with E-state index >= 15 is 0 Å². The van der Waals surface area contributed by atoms with Crippen molar-refractivity contribution in [3.05, 3.63) is 98.7 Å². The third kappa shape index (κ3) is 2.97. The van der Waals surface area contributed by atoms with Gasteiger partial charge in [-0.3, -0.25) is 4.79 Å². The van der Waals surface area contributed by atoms with Crippen LogP contribution in [0.1, 0.15) is 23.7 Å². The zero-order valence-electron chi connectivity index (χ0n) is 14.7. The summed E-state index contributed by atoms with van der Waals surface area (Å²) in [6.07, 6.45) is 1.40. The minimum Gasteiger partial charge on any atom is -0.363 e. The fourth-order valence-electron chi connectivity index (χ4n) is 3.47. The maximum atomic E-state index is 13.5. The van der Waals surface area contributed by atoms with E-state index in [4.69, 9.17) is 16.6 Å². The molecule has 0 unspecified atom stereocenters. The molecular formula is C20H15ClF2N4O. The molecule has 2 atom stereocenters. The number of amidine groups is 1. The molecule has 1 aromatic carbocycles. The highest BCUT2D eigenvalue weighted by atomic mass is 35.5. The third-order valence-corrected chi connectivity index (χ3v) is 5.14. The quantitative estimate of drug-likeness (QED) is 0.662. The summed E-state index contributed by atoms with van der Waals surface area (Å²) in [5.41, 5.74) is 0.316. The number of aromatic amines is 1. The smallest absolute Gasteiger partial charge is 0.248 e. The van der Waals surface area contributed by atoms with Crippen molar-refractivity contribution in [1.82, 2.24) is 15.3 Å². The molecule has 0 spiro atoms. The van der Waals surface area contributed by atoms with Crippen molar-refractivity contribution in [2.45, 2.75) is 18.5 Å². The van der Waals surface area contributed by atoms with Gasteiger partial charge in [-0.2, -0.15) is 4.39 Å². The van der Waals surface area contributed by atoms with Crippen LogP contribution in [-0.2, 0) is 5.54 Å². The number of rotatable bonds is 3. The van der Waals surface area contributed by atoms with E-state index in [0.717, 1.165) is 0 Å². The van der Waals surface area contributed by atoms with Crippen molar-refractivity contribution in [2.75, 3.05) is 0 Å². The molecule has 28 heavy (non-hydrogen) atoms. The van der Waals surface area contributed by atoms with Crippen molar-refractivity contribution >= 4 is 17.4 Å². The monoisotopic (exact) mass is 400 g/mol. The highest BCUT2D eigenvalue weighted by Gasteiger charge is 2.45. The van der Waals surface area contributed by atoms with Gasteiger partial charge in [0.2, 0.25) is 11.5 Å². The molecule has 4 rings (SSSR count). The zero-order chi connectivity index (χ0) is 19.9. The molecule has 5 nitrogen and oxygen atoms in total. The van der Waals surface area contributed by atoms with E-state index in [2.05, 4.69) is 15.3 Å². The van der Waals surface area contributed by atoms with Crippen molar-refractivity contribution in [3.8, 4) is 0 Å². The van der Waals surface area contributed by atoms with Gasteiger partial charge in [0.15, 0.2) is 0 Å². The molecular weight excluding hydrogens is 386 g/mol. The van der Waals surface area contributed by atoms with Gasteiger partial charge in [0, 0.05) is 17.8 Å². The van der Waals surface area contributed by atoms with Crippen LogP contribution < -0.4 is 10.9 Å². The maximum Gasteiger partial charge on any atom is 0.248 e. The van der Waals surface area contributed by atoms with E-state index in [-0.39, 0.29) is 17.4 Å². The Morgan fingerprint density at radius 3 is 2.43 bits per heavy atom. The number of benzene rings is 1. The van der Waals surface area contributed by atoms with Gasteiger partial charge in [-0.25, -0.2) is 14.4 Å². The van der Waals surface area contributed by atoms with Crippen LogP contribution in [0.15, 0.2) is 64.5 Å². The van der Waals surface area contributed by atoms with Gasteiger partial charge in [0.25, 0.3) is 0 Å².